The number of benzene rings is 2. The van der Waals surface area contributed by atoms with E-state index >= 15 is 0 Å². The van der Waals surface area contributed by atoms with Crippen LogP contribution in [0.15, 0.2) is 71.3 Å². The van der Waals surface area contributed by atoms with Gasteiger partial charge in [0.15, 0.2) is 9.84 Å². The summed E-state index contributed by atoms with van der Waals surface area (Å²) in [5.41, 5.74) is 4.40. The molecule has 0 N–H and O–H groups in total. The van der Waals surface area contributed by atoms with Gasteiger partial charge in [-0.2, -0.15) is 0 Å². The Morgan fingerprint density at radius 2 is 1.30 bits per heavy atom. The first-order valence-electron chi connectivity index (χ1n) is 9.17. The van der Waals surface area contributed by atoms with Crippen molar-refractivity contribution in [3.63, 3.8) is 0 Å². The average molecular weight is 383 g/mol. The van der Waals surface area contributed by atoms with Gasteiger partial charge in [0.05, 0.1) is 16.8 Å². The lowest BCUT2D eigenvalue weighted by Gasteiger charge is -2.19. The predicted molar refractivity (Wildman–Crippen MR) is 110 cm³/mol. The molecule has 2 aromatic carbocycles. The summed E-state index contributed by atoms with van der Waals surface area (Å²) in [6.07, 6.45) is 3.55. The van der Waals surface area contributed by atoms with E-state index < -0.39 is 14.6 Å². The number of rotatable bonds is 6. The maximum Gasteiger partial charge on any atom is 0.159 e. The number of hydrogen-bond donors (Lipinski definition) is 0. The number of sulfone groups is 1. The molecule has 27 heavy (non-hydrogen) atoms. The summed E-state index contributed by atoms with van der Waals surface area (Å²) in [5, 5.41) is 0. The summed E-state index contributed by atoms with van der Waals surface area (Å²) in [4.78, 5) is 0. The molecule has 0 spiro atoms. The van der Waals surface area contributed by atoms with Crippen molar-refractivity contribution < 1.29 is 12.8 Å². The average Bonchev–Trinajstić information content (AvgIpc) is 3.15. The van der Waals surface area contributed by atoms with Gasteiger partial charge in [0.25, 0.3) is 0 Å². The second-order valence-corrected chi connectivity index (χ2v) is 10.6. The molecule has 0 atom stereocenters. The van der Waals surface area contributed by atoms with E-state index in [0.717, 1.165) is 29.7 Å². The third kappa shape index (κ3) is 4.89. The molecular formula is C23H26O3S. The summed E-state index contributed by atoms with van der Waals surface area (Å²) < 4.78 is 29.3. The predicted octanol–water partition coefficient (Wildman–Crippen LogP) is 5.45. The minimum Gasteiger partial charge on any atom is -0.464 e. The van der Waals surface area contributed by atoms with Gasteiger partial charge in [-0.3, -0.25) is 0 Å². The van der Waals surface area contributed by atoms with Crippen molar-refractivity contribution in [2.45, 2.75) is 44.1 Å². The summed E-state index contributed by atoms with van der Waals surface area (Å²) in [6, 6.07) is 20.2. The maximum absolute atomic E-state index is 12.3. The molecule has 0 aliphatic rings. The van der Waals surface area contributed by atoms with Crippen LogP contribution in [0.3, 0.4) is 0 Å². The van der Waals surface area contributed by atoms with Gasteiger partial charge in [0.2, 0.25) is 0 Å². The fourth-order valence-electron chi connectivity index (χ4n) is 2.81. The molecule has 0 amide bonds. The molecule has 0 unspecified atom stereocenters. The Morgan fingerprint density at radius 1 is 0.778 bits per heavy atom. The van der Waals surface area contributed by atoms with E-state index in [2.05, 4.69) is 24.3 Å². The molecule has 0 saturated carbocycles. The Hall–Kier alpha value is -2.33. The molecule has 3 rings (SSSR count). The largest absolute Gasteiger partial charge is 0.464 e. The molecular weight excluding hydrogens is 356 g/mol. The topological polar surface area (TPSA) is 47.3 Å². The second-order valence-electron chi connectivity index (χ2n) is 7.86. The molecule has 0 radical (unpaired) electrons. The maximum atomic E-state index is 12.3. The van der Waals surface area contributed by atoms with Gasteiger partial charge < -0.3 is 4.42 Å². The number of furan rings is 1. The quantitative estimate of drug-likeness (QED) is 0.570. The molecule has 3 aromatic rings. The first kappa shape index (κ1) is 19.4. The lowest BCUT2D eigenvalue weighted by Crippen LogP contribution is -2.29. The normalized spacial score (nSPS) is 12.3. The van der Waals surface area contributed by atoms with Crippen LogP contribution >= 0.6 is 0 Å². The highest BCUT2D eigenvalue weighted by Crippen LogP contribution is 2.22. The first-order chi connectivity index (χ1) is 12.7. The Morgan fingerprint density at radius 3 is 1.78 bits per heavy atom. The van der Waals surface area contributed by atoms with E-state index in [1.165, 1.54) is 11.1 Å². The van der Waals surface area contributed by atoms with Gasteiger partial charge in [-0.15, -0.1) is 0 Å². The zero-order valence-corrected chi connectivity index (χ0v) is 16.9. The van der Waals surface area contributed by atoms with Crippen LogP contribution in [-0.2, 0) is 28.4 Å². The lowest BCUT2D eigenvalue weighted by molar-refractivity contribution is 0.559. The van der Waals surface area contributed by atoms with Crippen molar-refractivity contribution in [3.8, 4) is 11.3 Å². The minimum absolute atomic E-state index is 0.0883. The van der Waals surface area contributed by atoms with E-state index in [9.17, 15) is 8.42 Å². The number of hydrogen-bond acceptors (Lipinski definition) is 3. The Bertz CT molecular complexity index is 960. The van der Waals surface area contributed by atoms with Gasteiger partial charge in [-0.25, -0.2) is 8.42 Å². The van der Waals surface area contributed by atoms with Crippen LogP contribution in [0.1, 0.15) is 37.5 Å². The fraction of sp³-hybridized carbons (Fsp3) is 0.304. The van der Waals surface area contributed by atoms with Gasteiger partial charge in [0, 0.05) is 5.56 Å². The molecule has 3 nitrogen and oxygen atoms in total. The molecule has 1 aromatic heterocycles. The third-order valence-electron chi connectivity index (χ3n) is 4.77. The summed E-state index contributed by atoms with van der Waals surface area (Å²) in [6.45, 7) is 5.23. The summed E-state index contributed by atoms with van der Waals surface area (Å²) in [5.74, 6) is 0.965. The standard InChI is InChI=1S/C23H26O3S/c1-23(2,3)27(24,25)17-20-10-8-18(9-11-20)6-7-19-12-14-21(15-13-19)22-5-4-16-26-22/h4-5,8-16H,6-7,17H2,1-3H3. The highest BCUT2D eigenvalue weighted by Gasteiger charge is 2.28. The van der Waals surface area contributed by atoms with Crippen molar-refractivity contribution in [1.29, 1.82) is 0 Å². The van der Waals surface area contributed by atoms with E-state index in [-0.39, 0.29) is 5.75 Å². The molecule has 4 heteroatoms. The van der Waals surface area contributed by atoms with Gasteiger partial charge in [-0.05, 0) is 62.4 Å². The van der Waals surface area contributed by atoms with Crippen molar-refractivity contribution in [2.24, 2.45) is 0 Å². The van der Waals surface area contributed by atoms with Crippen molar-refractivity contribution in [2.75, 3.05) is 0 Å². The van der Waals surface area contributed by atoms with Gasteiger partial charge in [-0.1, -0.05) is 48.5 Å². The van der Waals surface area contributed by atoms with E-state index in [1.807, 2.05) is 36.4 Å². The molecule has 0 saturated heterocycles. The zero-order valence-electron chi connectivity index (χ0n) is 16.1. The smallest absolute Gasteiger partial charge is 0.159 e. The van der Waals surface area contributed by atoms with Crippen LogP contribution in [0.25, 0.3) is 11.3 Å². The summed E-state index contributed by atoms with van der Waals surface area (Å²) in [7, 11) is -3.15. The van der Waals surface area contributed by atoms with Crippen LogP contribution in [0.4, 0.5) is 0 Å². The van der Waals surface area contributed by atoms with Crippen molar-refractivity contribution in [3.05, 3.63) is 83.6 Å². The van der Waals surface area contributed by atoms with E-state index in [0.29, 0.717) is 0 Å². The molecule has 1 heterocycles. The van der Waals surface area contributed by atoms with Crippen molar-refractivity contribution in [1.82, 2.24) is 0 Å². The van der Waals surface area contributed by atoms with Crippen LogP contribution in [0, 0.1) is 0 Å². The minimum atomic E-state index is -3.15. The Balaban J connectivity index is 1.59. The Kier molecular flexibility index (Phi) is 5.56. The molecule has 0 bridgehead atoms. The molecule has 0 aliphatic carbocycles. The van der Waals surface area contributed by atoms with Crippen LogP contribution < -0.4 is 0 Å². The Labute approximate surface area is 162 Å². The highest BCUT2D eigenvalue weighted by atomic mass is 32.2. The number of aryl methyl sites for hydroxylation is 2. The molecule has 0 fully saturated rings. The zero-order chi connectivity index (χ0) is 19.5. The molecule has 142 valence electrons. The molecule has 0 aliphatic heterocycles. The van der Waals surface area contributed by atoms with Crippen LogP contribution in [0.2, 0.25) is 0 Å². The van der Waals surface area contributed by atoms with E-state index in [4.69, 9.17) is 4.42 Å². The third-order valence-corrected chi connectivity index (χ3v) is 7.35. The lowest BCUT2D eigenvalue weighted by atomic mass is 10.0. The van der Waals surface area contributed by atoms with Crippen LogP contribution in [0.5, 0.6) is 0 Å². The monoisotopic (exact) mass is 382 g/mol. The summed E-state index contributed by atoms with van der Waals surface area (Å²) >= 11 is 0. The van der Waals surface area contributed by atoms with Crippen molar-refractivity contribution >= 4 is 9.84 Å². The van der Waals surface area contributed by atoms with E-state index in [1.54, 1.807) is 27.0 Å². The first-order valence-corrected chi connectivity index (χ1v) is 10.8. The van der Waals surface area contributed by atoms with Gasteiger partial charge in [0.1, 0.15) is 5.76 Å². The van der Waals surface area contributed by atoms with Crippen LogP contribution in [-0.4, -0.2) is 13.2 Å². The fourth-order valence-corrected chi connectivity index (χ4v) is 3.87. The SMILES string of the molecule is CC(C)(C)S(=O)(=O)Cc1ccc(CCc2ccc(-c3ccco3)cc2)cc1. The highest BCUT2D eigenvalue weighted by molar-refractivity contribution is 7.91. The second kappa shape index (κ2) is 7.73. The van der Waals surface area contributed by atoms with Gasteiger partial charge >= 0.3 is 0 Å².